The first kappa shape index (κ1) is 20.3. The average Bonchev–Trinajstić information content (AvgIpc) is 3.51. The highest BCUT2D eigenvalue weighted by Crippen LogP contribution is 2.29. The number of carbonyl (C=O) groups is 1. The van der Waals surface area contributed by atoms with Crippen LogP contribution in [0, 0.1) is 5.92 Å². The van der Waals surface area contributed by atoms with E-state index in [1.807, 2.05) is 47.6 Å². The maximum atomic E-state index is 13.5. The van der Waals surface area contributed by atoms with Crippen molar-refractivity contribution in [3.05, 3.63) is 66.1 Å². The molecule has 2 aromatic heterocycles. The van der Waals surface area contributed by atoms with E-state index in [4.69, 9.17) is 0 Å². The number of nitrogens with one attached hydrogen (secondary N) is 1. The van der Waals surface area contributed by atoms with Gasteiger partial charge in [-0.15, -0.1) is 0 Å². The molecule has 2 fully saturated rings. The van der Waals surface area contributed by atoms with Gasteiger partial charge in [0, 0.05) is 48.8 Å². The summed E-state index contributed by atoms with van der Waals surface area (Å²) in [6.07, 6.45) is 13.5. The van der Waals surface area contributed by atoms with Crippen molar-refractivity contribution in [2.24, 2.45) is 5.92 Å². The Morgan fingerprint density at radius 2 is 1.94 bits per heavy atom. The lowest BCUT2D eigenvalue weighted by molar-refractivity contribution is 0.0650. The standard InChI is InChI=1S/C26H32N4O/c31-26(23-8-7-22-9-13-28-25(22)16-23)30(19-21-4-3-12-27-17-21)18-20-10-14-29(15-11-20)24-5-1-2-6-24/h3-4,7-9,12-13,16-17,20,24,28H,1-2,5-6,10-11,14-15,18-19H2. The molecule has 162 valence electrons. The van der Waals surface area contributed by atoms with Crippen LogP contribution in [0.3, 0.4) is 0 Å². The van der Waals surface area contributed by atoms with E-state index in [2.05, 4.69) is 20.9 Å². The zero-order valence-corrected chi connectivity index (χ0v) is 18.2. The van der Waals surface area contributed by atoms with Gasteiger partial charge < -0.3 is 14.8 Å². The van der Waals surface area contributed by atoms with E-state index in [1.165, 1.54) is 51.6 Å². The van der Waals surface area contributed by atoms with Gasteiger partial charge in [-0.1, -0.05) is 25.0 Å². The van der Waals surface area contributed by atoms with Gasteiger partial charge in [0.2, 0.25) is 0 Å². The molecule has 1 aliphatic carbocycles. The molecule has 5 rings (SSSR count). The number of nitrogens with zero attached hydrogens (tertiary/aromatic N) is 3. The first-order chi connectivity index (χ1) is 15.3. The van der Waals surface area contributed by atoms with Crippen molar-refractivity contribution in [3.63, 3.8) is 0 Å². The number of H-pyrrole nitrogens is 1. The van der Waals surface area contributed by atoms with Crippen molar-refractivity contribution < 1.29 is 4.79 Å². The predicted octanol–water partition coefficient (Wildman–Crippen LogP) is 4.86. The highest BCUT2D eigenvalue weighted by atomic mass is 16.2. The molecule has 2 aliphatic rings. The number of aromatic nitrogens is 2. The molecule has 5 heteroatoms. The van der Waals surface area contributed by atoms with Crippen molar-refractivity contribution in [1.29, 1.82) is 0 Å². The molecule has 1 amide bonds. The van der Waals surface area contributed by atoms with Gasteiger partial charge in [0.1, 0.15) is 0 Å². The first-order valence-corrected chi connectivity index (χ1v) is 11.8. The van der Waals surface area contributed by atoms with Crippen LogP contribution in [0.2, 0.25) is 0 Å². The number of carbonyl (C=O) groups excluding carboxylic acids is 1. The Morgan fingerprint density at radius 3 is 2.71 bits per heavy atom. The van der Waals surface area contributed by atoms with Crippen LogP contribution >= 0.6 is 0 Å². The normalized spacial score (nSPS) is 18.6. The summed E-state index contributed by atoms with van der Waals surface area (Å²) >= 11 is 0. The second-order valence-corrected chi connectivity index (χ2v) is 9.24. The lowest BCUT2D eigenvalue weighted by atomic mass is 9.94. The smallest absolute Gasteiger partial charge is 0.254 e. The fourth-order valence-corrected chi connectivity index (χ4v) is 5.38. The molecular formula is C26H32N4O. The van der Waals surface area contributed by atoms with Crippen LogP contribution in [-0.2, 0) is 6.54 Å². The number of rotatable bonds is 6. The molecule has 0 atom stereocenters. The number of likely N-dealkylation sites (tertiary alicyclic amines) is 1. The van der Waals surface area contributed by atoms with Crippen molar-refractivity contribution in [3.8, 4) is 0 Å². The maximum absolute atomic E-state index is 13.5. The Balaban J connectivity index is 1.30. The molecule has 0 spiro atoms. The summed E-state index contributed by atoms with van der Waals surface area (Å²) in [5.41, 5.74) is 2.85. The van der Waals surface area contributed by atoms with E-state index in [0.717, 1.165) is 34.6 Å². The largest absolute Gasteiger partial charge is 0.361 e. The molecular weight excluding hydrogens is 384 g/mol. The van der Waals surface area contributed by atoms with Crippen molar-refractivity contribution >= 4 is 16.8 Å². The van der Waals surface area contributed by atoms with Gasteiger partial charge in [-0.05, 0) is 79.9 Å². The maximum Gasteiger partial charge on any atom is 0.254 e. The molecule has 1 aromatic carbocycles. The summed E-state index contributed by atoms with van der Waals surface area (Å²) in [6.45, 7) is 3.78. The van der Waals surface area contributed by atoms with Gasteiger partial charge in [0.05, 0.1) is 0 Å². The number of pyridine rings is 1. The minimum Gasteiger partial charge on any atom is -0.361 e. The second-order valence-electron chi connectivity index (χ2n) is 9.24. The zero-order chi connectivity index (χ0) is 21.0. The molecule has 0 bridgehead atoms. The van der Waals surface area contributed by atoms with Crippen molar-refractivity contribution in [1.82, 2.24) is 19.8 Å². The quantitative estimate of drug-likeness (QED) is 0.624. The van der Waals surface area contributed by atoms with E-state index in [1.54, 1.807) is 6.20 Å². The Labute approximate surface area is 184 Å². The van der Waals surface area contributed by atoms with Crippen LogP contribution in [0.4, 0.5) is 0 Å². The number of hydrogen-bond acceptors (Lipinski definition) is 3. The average molecular weight is 417 g/mol. The van der Waals surface area contributed by atoms with Gasteiger partial charge >= 0.3 is 0 Å². The van der Waals surface area contributed by atoms with Crippen LogP contribution in [-0.4, -0.2) is 51.4 Å². The molecule has 1 aliphatic heterocycles. The van der Waals surface area contributed by atoms with Crippen LogP contribution in [0.15, 0.2) is 55.0 Å². The van der Waals surface area contributed by atoms with Gasteiger partial charge in [-0.2, -0.15) is 0 Å². The Kier molecular flexibility index (Phi) is 6.03. The minimum atomic E-state index is 0.110. The summed E-state index contributed by atoms with van der Waals surface area (Å²) in [5, 5.41) is 1.13. The van der Waals surface area contributed by atoms with E-state index < -0.39 is 0 Å². The molecule has 0 radical (unpaired) electrons. The fraction of sp³-hybridized carbons (Fsp3) is 0.462. The number of fused-ring (bicyclic) bond motifs is 1. The molecule has 1 N–H and O–H groups in total. The lowest BCUT2D eigenvalue weighted by Gasteiger charge is -2.38. The number of hydrogen-bond donors (Lipinski definition) is 1. The van der Waals surface area contributed by atoms with E-state index >= 15 is 0 Å². The predicted molar refractivity (Wildman–Crippen MR) is 124 cm³/mol. The summed E-state index contributed by atoms with van der Waals surface area (Å²) in [7, 11) is 0. The Morgan fingerprint density at radius 1 is 1.10 bits per heavy atom. The number of benzene rings is 1. The zero-order valence-electron chi connectivity index (χ0n) is 18.2. The van der Waals surface area contributed by atoms with Gasteiger partial charge in [0.15, 0.2) is 0 Å². The molecule has 1 saturated carbocycles. The number of piperidine rings is 1. The molecule has 0 unspecified atom stereocenters. The SMILES string of the molecule is O=C(c1ccc2cc[nH]c2c1)N(Cc1cccnc1)CC1CCN(C2CCCC2)CC1. The minimum absolute atomic E-state index is 0.110. The molecule has 31 heavy (non-hydrogen) atoms. The number of amides is 1. The molecule has 3 aromatic rings. The van der Waals surface area contributed by atoms with Crippen LogP contribution in [0.5, 0.6) is 0 Å². The van der Waals surface area contributed by atoms with Crippen LogP contribution in [0.1, 0.15) is 54.4 Å². The molecule has 3 heterocycles. The Bertz CT molecular complexity index is 1000. The van der Waals surface area contributed by atoms with Crippen LogP contribution < -0.4 is 0 Å². The third-order valence-corrected chi connectivity index (χ3v) is 7.15. The summed E-state index contributed by atoms with van der Waals surface area (Å²) in [6, 6.07) is 12.8. The van der Waals surface area contributed by atoms with Gasteiger partial charge in [-0.25, -0.2) is 0 Å². The summed E-state index contributed by atoms with van der Waals surface area (Å²) < 4.78 is 0. The summed E-state index contributed by atoms with van der Waals surface area (Å²) in [4.78, 5) is 25.8. The van der Waals surface area contributed by atoms with E-state index in [9.17, 15) is 4.79 Å². The Hall–Kier alpha value is -2.66. The number of aromatic amines is 1. The van der Waals surface area contributed by atoms with Crippen LogP contribution in [0.25, 0.3) is 10.9 Å². The topological polar surface area (TPSA) is 52.2 Å². The highest BCUT2D eigenvalue weighted by Gasteiger charge is 2.29. The third kappa shape index (κ3) is 4.67. The molecule has 1 saturated heterocycles. The van der Waals surface area contributed by atoms with Crippen molar-refractivity contribution in [2.45, 2.75) is 51.1 Å². The van der Waals surface area contributed by atoms with Crippen molar-refractivity contribution in [2.75, 3.05) is 19.6 Å². The van der Waals surface area contributed by atoms with E-state index in [0.29, 0.717) is 12.5 Å². The summed E-state index contributed by atoms with van der Waals surface area (Å²) in [5.74, 6) is 0.672. The third-order valence-electron chi connectivity index (χ3n) is 7.15. The first-order valence-electron chi connectivity index (χ1n) is 11.8. The fourth-order valence-electron chi connectivity index (χ4n) is 5.38. The lowest BCUT2D eigenvalue weighted by Crippen LogP contribution is -2.43. The van der Waals surface area contributed by atoms with Gasteiger partial charge in [0.25, 0.3) is 5.91 Å². The second kappa shape index (κ2) is 9.23. The molecule has 5 nitrogen and oxygen atoms in total. The van der Waals surface area contributed by atoms with Gasteiger partial charge in [-0.3, -0.25) is 9.78 Å². The highest BCUT2D eigenvalue weighted by molar-refractivity contribution is 5.97. The van der Waals surface area contributed by atoms with E-state index in [-0.39, 0.29) is 5.91 Å². The monoisotopic (exact) mass is 416 g/mol.